The molecule has 1 heterocycles. The van der Waals surface area contributed by atoms with Crippen LogP contribution in [0.15, 0.2) is 35.5 Å². The van der Waals surface area contributed by atoms with Crippen LogP contribution >= 0.6 is 0 Å². The SMILES string of the molecule is CC1=CC2=CCNNC2C=C1. The maximum absolute atomic E-state index is 3.19. The number of fused-ring (bicyclic) bond motifs is 1. The highest BCUT2D eigenvalue weighted by molar-refractivity contribution is 5.41. The quantitative estimate of drug-likeness (QED) is 0.533. The fourth-order valence-corrected chi connectivity index (χ4v) is 1.42. The van der Waals surface area contributed by atoms with Crippen molar-refractivity contribution in [3.63, 3.8) is 0 Å². The standard InChI is InChI=1S/C9H12N2/c1-7-2-3-9-8(6-7)4-5-10-11-9/h2-4,6,9-11H,5H2,1H3. The zero-order valence-electron chi connectivity index (χ0n) is 6.59. The lowest BCUT2D eigenvalue weighted by atomic mass is 9.97. The van der Waals surface area contributed by atoms with Gasteiger partial charge >= 0.3 is 0 Å². The Labute approximate surface area is 66.6 Å². The molecule has 58 valence electrons. The van der Waals surface area contributed by atoms with E-state index in [0.717, 1.165) is 6.54 Å². The fourth-order valence-electron chi connectivity index (χ4n) is 1.42. The molecule has 0 aromatic carbocycles. The number of rotatable bonds is 0. The van der Waals surface area contributed by atoms with E-state index in [2.05, 4.69) is 42.1 Å². The molecule has 1 aliphatic carbocycles. The average molecular weight is 148 g/mol. The van der Waals surface area contributed by atoms with Crippen LogP contribution in [0.2, 0.25) is 0 Å². The van der Waals surface area contributed by atoms with Gasteiger partial charge < -0.3 is 0 Å². The first-order chi connectivity index (χ1) is 5.36. The topological polar surface area (TPSA) is 24.1 Å². The molecule has 2 N–H and O–H groups in total. The molecule has 0 radical (unpaired) electrons. The fraction of sp³-hybridized carbons (Fsp3) is 0.333. The van der Waals surface area contributed by atoms with Crippen molar-refractivity contribution in [3.05, 3.63) is 35.5 Å². The molecule has 2 rings (SSSR count). The molecular weight excluding hydrogens is 136 g/mol. The van der Waals surface area contributed by atoms with E-state index < -0.39 is 0 Å². The lowest BCUT2D eigenvalue weighted by Gasteiger charge is -2.24. The third kappa shape index (κ3) is 1.27. The number of hydrogen-bond donors (Lipinski definition) is 2. The first-order valence-corrected chi connectivity index (χ1v) is 3.91. The Morgan fingerprint density at radius 3 is 3.36 bits per heavy atom. The Bertz CT molecular complexity index is 248. The van der Waals surface area contributed by atoms with Gasteiger partial charge in [-0.3, -0.25) is 5.43 Å². The summed E-state index contributed by atoms with van der Waals surface area (Å²) in [4.78, 5) is 0. The third-order valence-electron chi connectivity index (χ3n) is 2.00. The summed E-state index contributed by atoms with van der Waals surface area (Å²) in [6.45, 7) is 3.04. The summed E-state index contributed by atoms with van der Waals surface area (Å²) < 4.78 is 0. The third-order valence-corrected chi connectivity index (χ3v) is 2.00. The highest BCUT2D eigenvalue weighted by Crippen LogP contribution is 2.16. The van der Waals surface area contributed by atoms with Gasteiger partial charge in [0.15, 0.2) is 0 Å². The van der Waals surface area contributed by atoms with Gasteiger partial charge in [0.05, 0.1) is 6.04 Å². The van der Waals surface area contributed by atoms with Crippen molar-refractivity contribution in [1.82, 2.24) is 10.9 Å². The minimum atomic E-state index is 0.382. The smallest absolute Gasteiger partial charge is 0.0643 e. The molecule has 0 saturated heterocycles. The van der Waals surface area contributed by atoms with Gasteiger partial charge in [0.1, 0.15) is 0 Å². The normalized spacial score (nSPS) is 29.0. The van der Waals surface area contributed by atoms with Gasteiger partial charge in [-0.25, -0.2) is 5.43 Å². The summed E-state index contributed by atoms with van der Waals surface area (Å²) >= 11 is 0. The zero-order valence-corrected chi connectivity index (χ0v) is 6.59. The minimum Gasteiger partial charge on any atom is -0.253 e. The number of hydrazine groups is 1. The van der Waals surface area contributed by atoms with Gasteiger partial charge in [-0.05, 0) is 12.5 Å². The monoisotopic (exact) mass is 148 g/mol. The summed E-state index contributed by atoms with van der Waals surface area (Å²) in [5, 5.41) is 0. The van der Waals surface area contributed by atoms with Crippen molar-refractivity contribution in [2.45, 2.75) is 13.0 Å². The van der Waals surface area contributed by atoms with Crippen LogP contribution in [-0.4, -0.2) is 12.6 Å². The van der Waals surface area contributed by atoms with Crippen molar-refractivity contribution in [1.29, 1.82) is 0 Å². The molecule has 1 atom stereocenters. The van der Waals surface area contributed by atoms with E-state index in [-0.39, 0.29) is 0 Å². The van der Waals surface area contributed by atoms with Gasteiger partial charge in [-0.2, -0.15) is 0 Å². The largest absolute Gasteiger partial charge is 0.253 e. The van der Waals surface area contributed by atoms with Crippen molar-refractivity contribution >= 4 is 0 Å². The molecule has 2 nitrogen and oxygen atoms in total. The van der Waals surface area contributed by atoms with Gasteiger partial charge in [-0.1, -0.05) is 29.9 Å². The molecule has 1 aliphatic heterocycles. The Morgan fingerprint density at radius 1 is 1.55 bits per heavy atom. The highest BCUT2D eigenvalue weighted by atomic mass is 15.4. The summed E-state index contributed by atoms with van der Waals surface area (Å²) in [7, 11) is 0. The van der Waals surface area contributed by atoms with Gasteiger partial charge in [0, 0.05) is 6.54 Å². The molecule has 0 bridgehead atoms. The zero-order chi connectivity index (χ0) is 7.68. The van der Waals surface area contributed by atoms with Crippen LogP contribution in [-0.2, 0) is 0 Å². The summed E-state index contributed by atoms with van der Waals surface area (Å²) in [6.07, 6.45) is 8.75. The van der Waals surface area contributed by atoms with E-state index in [1.54, 1.807) is 0 Å². The first kappa shape index (κ1) is 6.83. The van der Waals surface area contributed by atoms with Crippen LogP contribution in [0.4, 0.5) is 0 Å². The predicted octanol–water partition coefficient (Wildman–Crippen LogP) is 0.905. The second-order valence-corrected chi connectivity index (χ2v) is 2.95. The number of nitrogens with one attached hydrogen (secondary N) is 2. The molecule has 0 amide bonds. The Morgan fingerprint density at radius 2 is 2.45 bits per heavy atom. The Hall–Kier alpha value is -0.860. The maximum Gasteiger partial charge on any atom is 0.0643 e. The van der Waals surface area contributed by atoms with Crippen molar-refractivity contribution in [2.24, 2.45) is 0 Å². The van der Waals surface area contributed by atoms with E-state index in [1.165, 1.54) is 11.1 Å². The molecule has 11 heavy (non-hydrogen) atoms. The molecule has 0 saturated carbocycles. The van der Waals surface area contributed by atoms with Crippen LogP contribution in [0.1, 0.15) is 6.92 Å². The highest BCUT2D eigenvalue weighted by Gasteiger charge is 2.14. The van der Waals surface area contributed by atoms with Crippen molar-refractivity contribution in [2.75, 3.05) is 6.54 Å². The summed E-state index contributed by atoms with van der Waals surface area (Å²) in [6, 6.07) is 0.382. The molecule has 0 aromatic heterocycles. The molecule has 2 aliphatic rings. The van der Waals surface area contributed by atoms with Crippen molar-refractivity contribution < 1.29 is 0 Å². The summed E-state index contributed by atoms with van der Waals surface area (Å²) in [5.74, 6) is 0. The minimum absolute atomic E-state index is 0.382. The molecule has 0 fully saturated rings. The predicted molar refractivity (Wildman–Crippen MR) is 45.9 cm³/mol. The van der Waals surface area contributed by atoms with Crippen LogP contribution in [0.3, 0.4) is 0 Å². The Balaban J connectivity index is 2.29. The van der Waals surface area contributed by atoms with E-state index in [1.807, 2.05) is 0 Å². The first-order valence-electron chi connectivity index (χ1n) is 3.91. The molecular formula is C9H12N2. The van der Waals surface area contributed by atoms with Crippen LogP contribution in [0.25, 0.3) is 0 Å². The number of allylic oxidation sites excluding steroid dienone is 2. The van der Waals surface area contributed by atoms with Gasteiger partial charge in [0.25, 0.3) is 0 Å². The van der Waals surface area contributed by atoms with Gasteiger partial charge in [0.2, 0.25) is 0 Å². The molecule has 0 aromatic rings. The van der Waals surface area contributed by atoms with Gasteiger partial charge in [-0.15, -0.1) is 0 Å². The average Bonchev–Trinajstić information content (AvgIpc) is 2.04. The van der Waals surface area contributed by atoms with Crippen LogP contribution in [0.5, 0.6) is 0 Å². The van der Waals surface area contributed by atoms with E-state index >= 15 is 0 Å². The second kappa shape index (κ2) is 2.64. The van der Waals surface area contributed by atoms with E-state index in [9.17, 15) is 0 Å². The second-order valence-electron chi connectivity index (χ2n) is 2.95. The number of hydrogen-bond acceptors (Lipinski definition) is 2. The lowest BCUT2D eigenvalue weighted by Crippen LogP contribution is -2.44. The van der Waals surface area contributed by atoms with Crippen LogP contribution < -0.4 is 10.9 Å². The van der Waals surface area contributed by atoms with E-state index in [4.69, 9.17) is 0 Å². The van der Waals surface area contributed by atoms with Crippen molar-refractivity contribution in [3.8, 4) is 0 Å². The molecule has 2 heteroatoms. The van der Waals surface area contributed by atoms with Crippen LogP contribution in [0, 0.1) is 0 Å². The molecule has 1 unspecified atom stereocenters. The Kier molecular flexibility index (Phi) is 1.64. The van der Waals surface area contributed by atoms with E-state index in [0.29, 0.717) is 6.04 Å². The summed E-state index contributed by atoms with van der Waals surface area (Å²) in [5.41, 5.74) is 8.99. The maximum atomic E-state index is 3.19. The lowest BCUT2D eigenvalue weighted by molar-refractivity contribution is 0.520. The molecule has 0 spiro atoms.